The lowest BCUT2D eigenvalue weighted by Crippen LogP contribution is -2.22. The van der Waals surface area contributed by atoms with Gasteiger partial charge in [0.1, 0.15) is 0 Å². The van der Waals surface area contributed by atoms with E-state index in [1.165, 1.54) is 50.5 Å². The summed E-state index contributed by atoms with van der Waals surface area (Å²) in [6.45, 7) is 3.47. The molecule has 3 aromatic carbocycles. The lowest BCUT2D eigenvalue weighted by atomic mass is 10.1. The van der Waals surface area contributed by atoms with Crippen LogP contribution in [0.1, 0.15) is 25.0 Å². The van der Waals surface area contributed by atoms with Crippen LogP contribution in [0.15, 0.2) is 104 Å². The van der Waals surface area contributed by atoms with Crippen LogP contribution in [0.25, 0.3) is 0 Å². The number of benzene rings is 3. The molecule has 0 atom stereocenters. The van der Waals surface area contributed by atoms with Gasteiger partial charge in [0, 0.05) is 38.4 Å². The molecule has 4 rings (SSSR count). The Morgan fingerprint density at radius 3 is 1.49 bits per heavy atom. The average Bonchev–Trinajstić information content (AvgIpc) is 3.01. The molecule has 4 aromatic rings. The predicted octanol–water partition coefficient (Wildman–Crippen LogP) is 3.95. The minimum absolute atomic E-state index is 0.0735. The number of sulfonamides is 1. The summed E-state index contributed by atoms with van der Waals surface area (Å²) in [7, 11) is -7.50. The summed E-state index contributed by atoms with van der Waals surface area (Å²) in [5.74, 6) is 0.590. The summed E-state index contributed by atoms with van der Waals surface area (Å²) in [6, 6.07) is 20.3. The quantitative estimate of drug-likeness (QED) is 0.143. The predicted molar refractivity (Wildman–Crippen MR) is 183 cm³/mol. The third kappa shape index (κ3) is 9.19. The second-order valence-corrected chi connectivity index (χ2v) is 16.8. The summed E-state index contributed by atoms with van der Waals surface area (Å²) in [5, 5.41) is 11.8. The molecule has 17 heteroatoms. The topological polar surface area (TPSA) is 192 Å². The number of nitrogens with one attached hydrogen (secondary N) is 3. The van der Waals surface area contributed by atoms with Crippen molar-refractivity contribution in [1.29, 1.82) is 0 Å². The molecule has 0 aliphatic rings. The van der Waals surface area contributed by atoms with E-state index in [4.69, 9.17) is 0 Å². The zero-order valence-electron chi connectivity index (χ0n) is 26.4. The third-order valence-corrected chi connectivity index (χ3v) is 10.7. The highest BCUT2D eigenvalue weighted by Gasteiger charge is 2.18. The van der Waals surface area contributed by atoms with Gasteiger partial charge in [-0.1, -0.05) is 30.3 Å². The van der Waals surface area contributed by atoms with Crippen LogP contribution in [-0.4, -0.2) is 77.6 Å². The molecule has 47 heavy (non-hydrogen) atoms. The third-order valence-electron chi connectivity index (χ3n) is 6.67. The van der Waals surface area contributed by atoms with Crippen LogP contribution in [-0.2, 0) is 29.7 Å². The first-order valence-corrected chi connectivity index (χ1v) is 19.1. The van der Waals surface area contributed by atoms with Crippen LogP contribution in [0.5, 0.6) is 0 Å². The van der Waals surface area contributed by atoms with Crippen LogP contribution in [0, 0.1) is 0 Å². The average molecular weight is 699 g/mol. The number of nitrogens with zero attached hydrogens (tertiary/aromatic N) is 5. The maximum atomic E-state index is 12.7. The van der Waals surface area contributed by atoms with Gasteiger partial charge in [0.05, 0.1) is 26.1 Å². The Morgan fingerprint density at radius 2 is 1.09 bits per heavy atom. The summed E-state index contributed by atoms with van der Waals surface area (Å²) in [4.78, 5) is 9.37. The fraction of sp³-hybridized carbons (Fsp3) is 0.200. The first-order valence-electron chi connectivity index (χ1n) is 13.8. The van der Waals surface area contributed by atoms with Crippen molar-refractivity contribution in [3.05, 3.63) is 90.0 Å². The Labute approximate surface area is 274 Å². The standard InChI is InChI=1S/C30H34N8O6S3/c1-20(22-10-14-25(15-11-22)45(5,39)40)34-36-28-19-29(37-35-21(2)23-12-16-26(17-13-23)46(6,41)42)33-30(32-28)31-24-8-7-9-27(18-24)47(43,44)38(3)4/h7-19H,1-6H3,(H3,31,32,33,36,37). The summed E-state index contributed by atoms with van der Waals surface area (Å²) < 4.78 is 73.7. The van der Waals surface area contributed by atoms with Crippen molar-refractivity contribution in [1.82, 2.24) is 14.3 Å². The monoisotopic (exact) mass is 698 g/mol. The van der Waals surface area contributed by atoms with E-state index >= 15 is 0 Å². The molecule has 0 aliphatic heterocycles. The Balaban J connectivity index is 1.65. The van der Waals surface area contributed by atoms with E-state index in [9.17, 15) is 25.3 Å². The van der Waals surface area contributed by atoms with Crippen molar-refractivity contribution in [2.45, 2.75) is 28.5 Å². The molecule has 0 aliphatic carbocycles. The number of anilines is 4. The van der Waals surface area contributed by atoms with Crippen LogP contribution < -0.4 is 16.2 Å². The van der Waals surface area contributed by atoms with E-state index in [-0.39, 0.29) is 32.3 Å². The van der Waals surface area contributed by atoms with E-state index in [1.54, 1.807) is 56.3 Å². The number of sulfone groups is 2. The van der Waals surface area contributed by atoms with E-state index in [0.717, 1.165) is 16.8 Å². The molecule has 0 amide bonds. The fourth-order valence-corrected chi connectivity index (χ4v) is 6.20. The second kappa shape index (κ2) is 14.0. The number of aromatic nitrogens is 2. The summed E-state index contributed by atoms with van der Waals surface area (Å²) in [6.07, 6.45) is 2.27. The molecule has 0 bridgehead atoms. The SMILES string of the molecule is CC(=NNc1cc(NN=C(C)c2ccc(S(C)(=O)=O)cc2)nc(Nc2cccc(S(=O)(=O)N(C)C)c2)n1)c1ccc(S(C)(=O)=O)cc1. The van der Waals surface area contributed by atoms with Gasteiger partial charge in [-0.25, -0.2) is 29.6 Å². The number of hydrazone groups is 2. The maximum absolute atomic E-state index is 12.7. The van der Waals surface area contributed by atoms with E-state index < -0.39 is 29.7 Å². The number of hydrogen-bond acceptors (Lipinski definition) is 13. The minimum Gasteiger partial charge on any atom is -0.324 e. The molecular formula is C30H34N8O6S3. The van der Waals surface area contributed by atoms with Crippen LogP contribution in [0.2, 0.25) is 0 Å². The van der Waals surface area contributed by atoms with Gasteiger partial charge >= 0.3 is 0 Å². The lowest BCUT2D eigenvalue weighted by Gasteiger charge is -2.13. The highest BCUT2D eigenvalue weighted by molar-refractivity contribution is 7.91. The van der Waals surface area contributed by atoms with Gasteiger partial charge in [-0.3, -0.25) is 10.9 Å². The highest BCUT2D eigenvalue weighted by atomic mass is 32.2. The van der Waals surface area contributed by atoms with Crippen LogP contribution >= 0.6 is 0 Å². The van der Waals surface area contributed by atoms with Crippen molar-refractivity contribution < 1.29 is 25.3 Å². The molecule has 0 spiro atoms. The molecule has 0 unspecified atom stereocenters. The van der Waals surface area contributed by atoms with Crippen LogP contribution in [0.3, 0.4) is 0 Å². The minimum atomic E-state index is -3.69. The largest absolute Gasteiger partial charge is 0.324 e. The van der Waals surface area contributed by atoms with Crippen molar-refractivity contribution >= 4 is 64.4 Å². The van der Waals surface area contributed by atoms with Crippen molar-refractivity contribution in [3.63, 3.8) is 0 Å². The molecule has 3 N–H and O–H groups in total. The number of hydrogen-bond donors (Lipinski definition) is 3. The normalized spacial score (nSPS) is 13.0. The van der Waals surface area contributed by atoms with Gasteiger partial charge in [-0.15, -0.1) is 0 Å². The molecule has 1 aromatic heterocycles. The first kappa shape index (κ1) is 35.1. The van der Waals surface area contributed by atoms with Gasteiger partial charge in [-0.2, -0.15) is 20.2 Å². The Bertz CT molecular complexity index is 2060. The molecule has 0 fully saturated rings. The van der Waals surface area contributed by atoms with Gasteiger partial charge in [0.2, 0.25) is 16.0 Å². The number of rotatable bonds is 12. The van der Waals surface area contributed by atoms with E-state index in [1.807, 2.05) is 0 Å². The van der Waals surface area contributed by atoms with Crippen molar-refractivity contribution in [3.8, 4) is 0 Å². The molecule has 0 saturated carbocycles. The van der Waals surface area contributed by atoms with Gasteiger partial charge in [0.25, 0.3) is 0 Å². The Hall–Kier alpha value is -4.71. The smallest absolute Gasteiger partial charge is 0.242 e. The lowest BCUT2D eigenvalue weighted by molar-refractivity contribution is 0.521. The van der Waals surface area contributed by atoms with E-state index in [0.29, 0.717) is 28.2 Å². The van der Waals surface area contributed by atoms with Crippen molar-refractivity contribution in [2.75, 3.05) is 42.8 Å². The van der Waals surface area contributed by atoms with Crippen LogP contribution in [0.4, 0.5) is 23.3 Å². The zero-order chi connectivity index (χ0) is 34.6. The molecule has 0 saturated heterocycles. The zero-order valence-corrected chi connectivity index (χ0v) is 28.9. The van der Waals surface area contributed by atoms with Gasteiger partial charge < -0.3 is 5.32 Å². The van der Waals surface area contributed by atoms with E-state index in [2.05, 4.69) is 36.3 Å². The van der Waals surface area contributed by atoms with Gasteiger partial charge in [-0.05, 0) is 67.4 Å². The first-order chi connectivity index (χ1) is 21.9. The highest BCUT2D eigenvalue weighted by Crippen LogP contribution is 2.23. The molecule has 14 nitrogen and oxygen atoms in total. The maximum Gasteiger partial charge on any atom is 0.242 e. The molecular weight excluding hydrogens is 665 g/mol. The molecule has 248 valence electrons. The molecule has 0 radical (unpaired) electrons. The summed E-state index contributed by atoms with van der Waals surface area (Å²) in [5.41, 5.74) is 8.60. The van der Waals surface area contributed by atoms with Crippen molar-refractivity contribution in [2.24, 2.45) is 10.2 Å². The molecule has 1 heterocycles. The Morgan fingerprint density at radius 1 is 0.638 bits per heavy atom. The van der Waals surface area contributed by atoms with Gasteiger partial charge in [0.15, 0.2) is 31.3 Å². The fourth-order valence-electron chi connectivity index (χ4n) is 3.99. The Kier molecular flexibility index (Phi) is 10.4. The summed E-state index contributed by atoms with van der Waals surface area (Å²) >= 11 is 0. The second-order valence-electron chi connectivity index (χ2n) is 10.6.